The number of aromatic nitrogens is 2. The fourth-order valence-corrected chi connectivity index (χ4v) is 2.57. The Bertz CT molecular complexity index is 969. The molecule has 0 amide bonds. The third kappa shape index (κ3) is 3.51. The average Bonchev–Trinajstić information content (AvgIpc) is 2.59. The van der Waals surface area contributed by atoms with Gasteiger partial charge in [0, 0.05) is 24.7 Å². The van der Waals surface area contributed by atoms with Crippen molar-refractivity contribution in [3.8, 4) is 11.5 Å². The number of nitrogen functional groups attached to an aromatic ring is 1. The van der Waals surface area contributed by atoms with E-state index in [4.69, 9.17) is 10.5 Å². The molecule has 0 bridgehead atoms. The number of nitrogens with zero attached hydrogens (tertiary/aromatic N) is 3. The first-order chi connectivity index (χ1) is 12.5. The minimum atomic E-state index is -0.554. The molecule has 5 nitrogen and oxygen atoms in total. The van der Waals surface area contributed by atoms with E-state index in [1.165, 1.54) is 43.7 Å². The molecule has 3 aromatic rings. The molecule has 0 saturated carbocycles. The van der Waals surface area contributed by atoms with Crippen LogP contribution >= 0.6 is 0 Å². The van der Waals surface area contributed by atoms with Crippen molar-refractivity contribution in [1.29, 1.82) is 0 Å². The zero-order chi connectivity index (χ0) is 18.7. The van der Waals surface area contributed by atoms with Crippen LogP contribution in [0, 0.1) is 18.6 Å². The SMILES string of the molecule is C/N=C(/c1ccc(Oc2cccc(F)c2)cc1F)c1c(C)ncnc1N. The van der Waals surface area contributed by atoms with Gasteiger partial charge in [-0.05, 0) is 31.2 Å². The molecule has 0 unspecified atom stereocenters. The molecule has 132 valence electrons. The molecule has 0 spiro atoms. The summed E-state index contributed by atoms with van der Waals surface area (Å²) in [5.74, 6) is -0.255. The number of hydrogen-bond acceptors (Lipinski definition) is 5. The van der Waals surface area contributed by atoms with E-state index in [2.05, 4.69) is 15.0 Å². The van der Waals surface area contributed by atoms with E-state index in [-0.39, 0.29) is 22.9 Å². The van der Waals surface area contributed by atoms with E-state index in [1.54, 1.807) is 19.1 Å². The van der Waals surface area contributed by atoms with Gasteiger partial charge >= 0.3 is 0 Å². The molecule has 0 radical (unpaired) electrons. The lowest BCUT2D eigenvalue weighted by atomic mass is 10.0. The average molecular weight is 354 g/mol. The highest BCUT2D eigenvalue weighted by Gasteiger charge is 2.18. The Balaban J connectivity index is 1.96. The molecule has 26 heavy (non-hydrogen) atoms. The molecule has 2 N–H and O–H groups in total. The molecule has 0 aliphatic rings. The van der Waals surface area contributed by atoms with Crippen molar-refractivity contribution in [3.63, 3.8) is 0 Å². The highest BCUT2D eigenvalue weighted by molar-refractivity contribution is 6.16. The quantitative estimate of drug-likeness (QED) is 0.721. The maximum atomic E-state index is 14.7. The van der Waals surface area contributed by atoms with E-state index in [9.17, 15) is 8.78 Å². The number of aliphatic imine (C=N–C) groups is 1. The van der Waals surface area contributed by atoms with Crippen LogP contribution in [0.25, 0.3) is 0 Å². The van der Waals surface area contributed by atoms with Gasteiger partial charge in [0.15, 0.2) is 0 Å². The van der Waals surface area contributed by atoms with Crippen molar-refractivity contribution in [2.24, 2.45) is 4.99 Å². The second kappa shape index (κ2) is 7.26. The van der Waals surface area contributed by atoms with Crippen molar-refractivity contribution in [2.45, 2.75) is 6.92 Å². The van der Waals surface area contributed by atoms with Gasteiger partial charge in [0.2, 0.25) is 0 Å². The topological polar surface area (TPSA) is 73.4 Å². The third-order valence-corrected chi connectivity index (χ3v) is 3.75. The number of benzene rings is 2. The van der Waals surface area contributed by atoms with Gasteiger partial charge in [-0.15, -0.1) is 0 Å². The second-order valence-electron chi connectivity index (χ2n) is 5.49. The first kappa shape index (κ1) is 17.5. The van der Waals surface area contributed by atoms with E-state index in [0.29, 0.717) is 17.0 Å². The van der Waals surface area contributed by atoms with Crippen LogP contribution in [0.15, 0.2) is 53.8 Å². The fraction of sp³-hybridized carbons (Fsp3) is 0.105. The van der Waals surface area contributed by atoms with Gasteiger partial charge in [-0.3, -0.25) is 4.99 Å². The third-order valence-electron chi connectivity index (χ3n) is 3.75. The van der Waals surface area contributed by atoms with Gasteiger partial charge in [0.05, 0.1) is 17.0 Å². The van der Waals surface area contributed by atoms with Gasteiger partial charge < -0.3 is 10.5 Å². The van der Waals surface area contributed by atoms with Crippen molar-refractivity contribution in [1.82, 2.24) is 9.97 Å². The summed E-state index contributed by atoms with van der Waals surface area (Å²) in [5.41, 5.74) is 7.57. The highest BCUT2D eigenvalue weighted by atomic mass is 19.1. The first-order valence-electron chi connectivity index (χ1n) is 7.77. The van der Waals surface area contributed by atoms with E-state index in [0.717, 1.165) is 0 Å². The zero-order valence-corrected chi connectivity index (χ0v) is 14.2. The molecule has 1 aromatic heterocycles. The normalized spacial score (nSPS) is 11.5. The Morgan fingerprint density at radius 3 is 2.50 bits per heavy atom. The number of ether oxygens (including phenoxy) is 1. The lowest BCUT2D eigenvalue weighted by Crippen LogP contribution is -2.13. The molecule has 0 aliphatic carbocycles. The molecular formula is C19H16F2N4O. The largest absolute Gasteiger partial charge is 0.457 e. The number of hydrogen-bond donors (Lipinski definition) is 1. The predicted molar refractivity (Wildman–Crippen MR) is 95.6 cm³/mol. The molecule has 0 atom stereocenters. The second-order valence-corrected chi connectivity index (χ2v) is 5.49. The number of halogens is 2. The van der Waals surface area contributed by atoms with Crippen LogP contribution < -0.4 is 10.5 Å². The van der Waals surface area contributed by atoms with Crippen LogP contribution in [0.3, 0.4) is 0 Å². The molecule has 2 aromatic carbocycles. The monoisotopic (exact) mass is 354 g/mol. The Labute approximate surface area is 149 Å². The smallest absolute Gasteiger partial charge is 0.136 e. The molecule has 0 aliphatic heterocycles. The summed E-state index contributed by atoms with van der Waals surface area (Å²) in [6.07, 6.45) is 1.34. The van der Waals surface area contributed by atoms with E-state index >= 15 is 0 Å². The molecule has 0 fully saturated rings. The fourth-order valence-electron chi connectivity index (χ4n) is 2.57. The van der Waals surface area contributed by atoms with Crippen LogP contribution in [0.5, 0.6) is 11.5 Å². The van der Waals surface area contributed by atoms with E-state index in [1.807, 2.05) is 0 Å². The number of rotatable bonds is 4. The van der Waals surface area contributed by atoms with Gasteiger partial charge in [0.25, 0.3) is 0 Å². The van der Waals surface area contributed by atoms with Crippen LogP contribution in [-0.2, 0) is 0 Å². The first-order valence-corrected chi connectivity index (χ1v) is 7.77. The van der Waals surface area contributed by atoms with E-state index < -0.39 is 11.6 Å². The van der Waals surface area contributed by atoms with Crippen LogP contribution in [0.4, 0.5) is 14.6 Å². The maximum Gasteiger partial charge on any atom is 0.136 e. The van der Waals surface area contributed by atoms with Crippen LogP contribution in [0.2, 0.25) is 0 Å². The lowest BCUT2D eigenvalue weighted by molar-refractivity contribution is 0.471. The number of nitrogens with two attached hydrogens (primary N) is 1. The zero-order valence-electron chi connectivity index (χ0n) is 14.2. The Hall–Kier alpha value is -3.35. The summed E-state index contributed by atoms with van der Waals surface area (Å²) in [4.78, 5) is 12.2. The van der Waals surface area contributed by atoms with Gasteiger partial charge in [-0.2, -0.15) is 0 Å². The van der Waals surface area contributed by atoms with Gasteiger partial charge in [0.1, 0.15) is 35.3 Å². The minimum Gasteiger partial charge on any atom is -0.457 e. The molecule has 3 rings (SSSR count). The van der Waals surface area contributed by atoms with Gasteiger partial charge in [-0.1, -0.05) is 6.07 Å². The van der Waals surface area contributed by atoms with Crippen LogP contribution in [-0.4, -0.2) is 22.7 Å². The summed E-state index contributed by atoms with van der Waals surface area (Å²) in [5, 5.41) is 0. The Kier molecular flexibility index (Phi) is 4.88. The highest BCUT2D eigenvalue weighted by Crippen LogP contribution is 2.26. The predicted octanol–water partition coefficient (Wildman–Crippen LogP) is 3.90. The summed E-state index contributed by atoms with van der Waals surface area (Å²) < 4.78 is 33.4. The van der Waals surface area contributed by atoms with Gasteiger partial charge in [-0.25, -0.2) is 18.7 Å². The standard InChI is InChI=1S/C19H16F2N4O/c1-11-17(19(22)25-10-24-11)18(23-2)15-7-6-14(9-16(15)21)26-13-5-3-4-12(20)8-13/h3-10H,1-2H3,(H2,22,24,25)/b23-18-. The molecular weight excluding hydrogens is 338 g/mol. The minimum absolute atomic E-state index is 0.220. The maximum absolute atomic E-state index is 14.7. The number of aryl methyl sites for hydroxylation is 1. The lowest BCUT2D eigenvalue weighted by Gasteiger charge is -2.13. The molecule has 7 heteroatoms. The summed E-state index contributed by atoms with van der Waals surface area (Å²) in [6.45, 7) is 1.75. The summed E-state index contributed by atoms with van der Waals surface area (Å²) >= 11 is 0. The van der Waals surface area contributed by atoms with Crippen molar-refractivity contribution < 1.29 is 13.5 Å². The summed E-state index contributed by atoms with van der Waals surface area (Å²) in [7, 11) is 1.54. The van der Waals surface area contributed by atoms with Crippen molar-refractivity contribution in [2.75, 3.05) is 12.8 Å². The number of anilines is 1. The Morgan fingerprint density at radius 1 is 1.08 bits per heavy atom. The summed E-state index contributed by atoms with van der Waals surface area (Å²) in [6, 6.07) is 9.92. The van der Waals surface area contributed by atoms with Crippen LogP contribution in [0.1, 0.15) is 16.8 Å². The molecule has 1 heterocycles. The van der Waals surface area contributed by atoms with Crippen molar-refractivity contribution in [3.05, 3.63) is 77.2 Å². The molecule has 0 saturated heterocycles. The van der Waals surface area contributed by atoms with Crippen molar-refractivity contribution >= 4 is 11.5 Å². The Morgan fingerprint density at radius 2 is 1.85 bits per heavy atom.